The number of carbonyl (C=O) groups excluding carboxylic acids is 1. The molecule has 0 heterocycles. The van der Waals surface area contributed by atoms with Crippen molar-refractivity contribution in [2.45, 2.75) is 39.5 Å². The van der Waals surface area contributed by atoms with Gasteiger partial charge >= 0.3 is 0 Å². The normalized spacial score (nSPS) is 11.4. The zero-order chi connectivity index (χ0) is 21.3. The average molecular weight is 526 g/mol. The van der Waals surface area contributed by atoms with Crippen LogP contribution >= 0.6 is 24.0 Å². The number of nitrogens with one attached hydrogen (secondary N) is 3. The molecule has 0 aliphatic rings. The van der Waals surface area contributed by atoms with E-state index in [9.17, 15) is 9.18 Å². The van der Waals surface area contributed by atoms with Crippen LogP contribution in [0.25, 0.3) is 0 Å². The van der Waals surface area contributed by atoms with Crippen LogP contribution in [0.4, 0.5) is 10.1 Å². The van der Waals surface area contributed by atoms with Gasteiger partial charge in [-0.25, -0.2) is 4.39 Å². The zero-order valence-electron chi connectivity index (χ0n) is 18.1. The Balaban J connectivity index is 0.00000450. The Morgan fingerprint density at radius 3 is 2.40 bits per heavy atom. The maximum absolute atomic E-state index is 13.6. The van der Waals surface area contributed by atoms with Crippen molar-refractivity contribution in [2.24, 2.45) is 4.99 Å². The fraction of sp³-hybridized carbons (Fsp3) is 0.391. The van der Waals surface area contributed by atoms with Crippen LogP contribution in [0, 0.1) is 5.82 Å². The molecule has 2 aromatic carbocycles. The number of carbonyl (C=O) groups is 1. The summed E-state index contributed by atoms with van der Waals surface area (Å²) >= 11 is 0. The Morgan fingerprint density at radius 2 is 1.80 bits per heavy atom. The molecule has 30 heavy (non-hydrogen) atoms. The van der Waals surface area contributed by atoms with E-state index in [2.05, 4.69) is 29.8 Å². The van der Waals surface area contributed by atoms with Crippen molar-refractivity contribution in [3.63, 3.8) is 0 Å². The van der Waals surface area contributed by atoms with Gasteiger partial charge in [0.25, 0.3) is 0 Å². The number of hydrogen-bond donors (Lipinski definition) is 3. The number of rotatable bonds is 8. The Kier molecular flexibility index (Phi) is 10.8. The Morgan fingerprint density at radius 1 is 1.10 bits per heavy atom. The minimum atomic E-state index is -0.274. The number of nitrogens with zero attached hydrogens (tertiary/aromatic N) is 1. The largest absolute Gasteiger partial charge is 0.357 e. The molecule has 0 radical (unpaired) electrons. The minimum absolute atomic E-state index is 0. The van der Waals surface area contributed by atoms with Crippen LogP contribution in [-0.4, -0.2) is 31.5 Å². The first-order chi connectivity index (χ1) is 13.8. The van der Waals surface area contributed by atoms with Gasteiger partial charge in [0.1, 0.15) is 5.82 Å². The van der Waals surface area contributed by atoms with E-state index in [1.165, 1.54) is 18.6 Å². The summed E-state index contributed by atoms with van der Waals surface area (Å²) in [6, 6.07) is 14.5. The van der Waals surface area contributed by atoms with Gasteiger partial charge < -0.3 is 16.0 Å². The monoisotopic (exact) mass is 526 g/mol. The SMILES string of the molecule is CCNC(=NCC(C)(C)c1cccc(F)c1)NCCc1ccc(NC(C)=O)cc1.I. The molecule has 0 saturated carbocycles. The van der Waals surface area contributed by atoms with Crippen molar-refractivity contribution >= 4 is 41.5 Å². The highest BCUT2D eigenvalue weighted by molar-refractivity contribution is 14.0. The average Bonchev–Trinajstić information content (AvgIpc) is 2.67. The van der Waals surface area contributed by atoms with Crippen LogP contribution in [0.15, 0.2) is 53.5 Å². The second-order valence-electron chi connectivity index (χ2n) is 7.64. The second-order valence-corrected chi connectivity index (χ2v) is 7.64. The van der Waals surface area contributed by atoms with Crippen molar-refractivity contribution in [3.8, 4) is 0 Å². The number of halogens is 2. The van der Waals surface area contributed by atoms with Gasteiger partial charge in [0.15, 0.2) is 5.96 Å². The highest BCUT2D eigenvalue weighted by Crippen LogP contribution is 2.24. The Bertz CT molecular complexity index is 837. The molecule has 0 aliphatic heterocycles. The molecule has 7 heteroatoms. The van der Waals surface area contributed by atoms with E-state index in [-0.39, 0.29) is 41.1 Å². The van der Waals surface area contributed by atoms with Crippen molar-refractivity contribution in [3.05, 3.63) is 65.5 Å². The molecule has 0 spiro atoms. The molecular formula is C23H32FIN4O. The molecule has 0 atom stereocenters. The summed E-state index contributed by atoms with van der Waals surface area (Å²) in [5.74, 6) is 0.438. The molecule has 0 saturated heterocycles. The van der Waals surface area contributed by atoms with E-state index in [4.69, 9.17) is 4.99 Å². The fourth-order valence-electron chi connectivity index (χ4n) is 2.90. The zero-order valence-corrected chi connectivity index (χ0v) is 20.4. The third-order valence-corrected chi connectivity index (χ3v) is 4.56. The molecule has 0 aliphatic carbocycles. The van der Waals surface area contributed by atoms with Crippen molar-refractivity contribution in [1.29, 1.82) is 0 Å². The predicted molar refractivity (Wildman–Crippen MR) is 133 cm³/mol. The summed E-state index contributed by atoms with van der Waals surface area (Å²) in [5.41, 5.74) is 2.62. The van der Waals surface area contributed by atoms with Crippen molar-refractivity contribution in [2.75, 3.05) is 25.0 Å². The summed E-state index contributed by atoms with van der Waals surface area (Å²) < 4.78 is 13.6. The highest BCUT2D eigenvalue weighted by atomic mass is 127. The molecule has 164 valence electrons. The second kappa shape index (κ2) is 12.5. The first-order valence-corrected chi connectivity index (χ1v) is 9.95. The van der Waals surface area contributed by atoms with Gasteiger partial charge in [-0.15, -0.1) is 24.0 Å². The Labute approximate surface area is 196 Å². The number of hydrogen-bond acceptors (Lipinski definition) is 2. The van der Waals surface area contributed by atoms with E-state index < -0.39 is 0 Å². The van der Waals surface area contributed by atoms with E-state index in [1.807, 2.05) is 37.3 Å². The number of amides is 1. The summed E-state index contributed by atoms with van der Waals surface area (Å²) in [5, 5.41) is 9.36. The Hall–Kier alpha value is -2.16. The number of anilines is 1. The molecule has 0 fully saturated rings. The molecule has 3 N–H and O–H groups in total. The van der Waals surface area contributed by atoms with Gasteiger partial charge in [-0.05, 0) is 48.7 Å². The molecule has 2 rings (SSSR count). The fourth-order valence-corrected chi connectivity index (χ4v) is 2.90. The summed E-state index contributed by atoms with van der Waals surface area (Å²) in [7, 11) is 0. The molecule has 0 bridgehead atoms. The molecule has 5 nitrogen and oxygen atoms in total. The summed E-state index contributed by atoms with van der Waals surface area (Å²) in [6.07, 6.45) is 0.831. The first kappa shape index (κ1) is 25.9. The summed E-state index contributed by atoms with van der Waals surface area (Å²) in [6.45, 7) is 9.67. The molecular weight excluding hydrogens is 494 g/mol. The lowest BCUT2D eigenvalue weighted by atomic mass is 9.85. The van der Waals surface area contributed by atoms with Gasteiger partial charge in [-0.1, -0.05) is 38.1 Å². The van der Waals surface area contributed by atoms with Crippen LogP contribution in [0.5, 0.6) is 0 Å². The van der Waals surface area contributed by atoms with Gasteiger partial charge in [0.2, 0.25) is 5.91 Å². The smallest absolute Gasteiger partial charge is 0.221 e. The number of guanidine groups is 1. The van der Waals surface area contributed by atoms with Crippen LogP contribution in [-0.2, 0) is 16.6 Å². The van der Waals surface area contributed by atoms with Gasteiger partial charge in [-0.3, -0.25) is 9.79 Å². The lowest BCUT2D eigenvalue weighted by Crippen LogP contribution is -2.39. The van der Waals surface area contributed by atoms with Gasteiger partial charge in [0.05, 0.1) is 6.54 Å². The first-order valence-electron chi connectivity index (χ1n) is 9.95. The van der Waals surface area contributed by atoms with Crippen molar-refractivity contribution < 1.29 is 9.18 Å². The van der Waals surface area contributed by atoms with E-state index >= 15 is 0 Å². The molecule has 0 aromatic heterocycles. The van der Waals surface area contributed by atoms with Crippen LogP contribution in [0.2, 0.25) is 0 Å². The molecule has 1 amide bonds. The lowest BCUT2D eigenvalue weighted by molar-refractivity contribution is -0.114. The molecule has 0 unspecified atom stereocenters. The highest BCUT2D eigenvalue weighted by Gasteiger charge is 2.21. The third-order valence-electron chi connectivity index (χ3n) is 4.56. The van der Waals surface area contributed by atoms with Crippen LogP contribution < -0.4 is 16.0 Å². The lowest BCUT2D eigenvalue weighted by Gasteiger charge is -2.24. The predicted octanol–water partition coefficient (Wildman–Crippen LogP) is 4.48. The minimum Gasteiger partial charge on any atom is -0.357 e. The van der Waals surface area contributed by atoms with Crippen molar-refractivity contribution in [1.82, 2.24) is 10.6 Å². The quantitative estimate of drug-likeness (QED) is 0.270. The van der Waals surface area contributed by atoms with E-state index in [1.54, 1.807) is 12.1 Å². The van der Waals surface area contributed by atoms with Crippen LogP contribution in [0.3, 0.4) is 0 Å². The van der Waals surface area contributed by atoms with E-state index in [0.29, 0.717) is 6.54 Å². The van der Waals surface area contributed by atoms with Gasteiger partial charge in [0, 0.05) is 31.1 Å². The van der Waals surface area contributed by atoms with Gasteiger partial charge in [-0.2, -0.15) is 0 Å². The van der Waals surface area contributed by atoms with Crippen LogP contribution in [0.1, 0.15) is 38.8 Å². The van der Waals surface area contributed by atoms with E-state index in [0.717, 1.165) is 36.7 Å². The summed E-state index contributed by atoms with van der Waals surface area (Å²) in [4.78, 5) is 15.8. The third kappa shape index (κ3) is 8.69. The number of benzene rings is 2. The number of aliphatic imine (C=N–C) groups is 1. The maximum Gasteiger partial charge on any atom is 0.221 e. The standard InChI is InChI=1S/C23H31FN4O.HI/c1-5-25-22(27-16-23(3,4)19-7-6-8-20(24)15-19)26-14-13-18-9-11-21(12-10-18)28-17(2)29;/h6-12,15H,5,13-14,16H2,1-4H3,(H,28,29)(H2,25,26,27);1H. The maximum atomic E-state index is 13.6. The topological polar surface area (TPSA) is 65.5 Å². The molecule has 2 aromatic rings.